The Labute approximate surface area is 246 Å². The van der Waals surface area contributed by atoms with E-state index in [-0.39, 0.29) is 30.6 Å². The van der Waals surface area contributed by atoms with Crippen molar-refractivity contribution in [1.29, 1.82) is 0 Å². The fourth-order valence-corrected chi connectivity index (χ4v) is 5.31. The highest BCUT2D eigenvalue weighted by Gasteiger charge is 2.33. The Morgan fingerprint density at radius 3 is 2.64 bits per heavy atom. The van der Waals surface area contributed by atoms with Gasteiger partial charge >= 0.3 is 6.03 Å². The van der Waals surface area contributed by atoms with Gasteiger partial charge in [0.05, 0.1) is 23.9 Å². The summed E-state index contributed by atoms with van der Waals surface area (Å²) in [6, 6.07) is 21.8. The van der Waals surface area contributed by atoms with Crippen molar-refractivity contribution >= 4 is 34.1 Å². The van der Waals surface area contributed by atoms with Gasteiger partial charge in [0, 0.05) is 49.0 Å². The maximum atomic E-state index is 13.8. The number of aromatic nitrogens is 1. The van der Waals surface area contributed by atoms with Gasteiger partial charge < -0.3 is 25.4 Å². The van der Waals surface area contributed by atoms with E-state index in [9.17, 15) is 14.7 Å². The summed E-state index contributed by atoms with van der Waals surface area (Å²) >= 11 is 0. The molecule has 0 unspecified atom stereocenters. The third-order valence-electron chi connectivity index (χ3n) is 7.65. The Kier molecular flexibility index (Phi) is 9.00. The van der Waals surface area contributed by atoms with Gasteiger partial charge in [-0.3, -0.25) is 14.7 Å². The molecule has 9 nitrogen and oxygen atoms in total. The maximum Gasteiger partial charge on any atom is 0.323 e. The van der Waals surface area contributed by atoms with E-state index in [0.717, 1.165) is 22.9 Å². The second-order valence-electron chi connectivity index (χ2n) is 11.0. The van der Waals surface area contributed by atoms with E-state index < -0.39 is 6.03 Å². The van der Waals surface area contributed by atoms with Crippen molar-refractivity contribution in [3.63, 3.8) is 0 Å². The Morgan fingerprint density at radius 1 is 1.10 bits per heavy atom. The van der Waals surface area contributed by atoms with E-state index >= 15 is 0 Å². The molecule has 2 heterocycles. The van der Waals surface area contributed by atoms with Gasteiger partial charge in [0.15, 0.2) is 0 Å². The van der Waals surface area contributed by atoms with Crippen LogP contribution in [0.25, 0.3) is 10.8 Å². The quantitative estimate of drug-likeness (QED) is 0.269. The number of nitrogens with one attached hydrogen (secondary N) is 2. The molecule has 5 rings (SSSR count). The minimum atomic E-state index is -0.421. The Bertz CT molecular complexity index is 1540. The molecule has 218 valence electrons. The van der Waals surface area contributed by atoms with Crippen LogP contribution in [0, 0.1) is 5.92 Å². The third-order valence-corrected chi connectivity index (χ3v) is 7.65. The number of hydrogen-bond donors (Lipinski definition) is 3. The number of carbonyl (C=O) groups is 2. The monoisotopic (exact) mass is 567 g/mol. The zero-order valence-electron chi connectivity index (χ0n) is 24.2. The number of anilines is 2. The number of nitrogens with zero attached hydrogens (tertiary/aromatic N) is 3. The van der Waals surface area contributed by atoms with Crippen molar-refractivity contribution in [1.82, 2.24) is 14.8 Å². The van der Waals surface area contributed by atoms with Gasteiger partial charge in [0.1, 0.15) is 11.9 Å². The van der Waals surface area contributed by atoms with E-state index in [4.69, 9.17) is 4.74 Å². The molecule has 9 heteroatoms. The summed E-state index contributed by atoms with van der Waals surface area (Å²) in [5, 5.41) is 17.7. The van der Waals surface area contributed by atoms with Crippen molar-refractivity contribution in [2.75, 3.05) is 37.4 Å². The lowest BCUT2D eigenvalue weighted by Crippen LogP contribution is -2.49. The van der Waals surface area contributed by atoms with E-state index in [1.54, 1.807) is 35.5 Å². The number of amides is 3. The molecule has 42 heavy (non-hydrogen) atoms. The molecule has 0 saturated heterocycles. The van der Waals surface area contributed by atoms with Crippen LogP contribution in [0.2, 0.25) is 0 Å². The zero-order chi connectivity index (χ0) is 29.6. The minimum absolute atomic E-state index is 0.000245. The molecular formula is C33H37N5O4. The van der Waals surface area contributed by atoms with Gasteiger partial charge in [0.25, 0.3) is 5.91 Å². The second kappa shape index (κ2) is 13.0. The number of ether oxygens (including phenoxy) is 1. The van der Waals surface area contributed by atoms with Crippen molar-refractivity contribution in [3.05, 3.63) is 96.3 Å². The van der Waals surface area contributed by atoms with Crippen LogP contribution < -0.4 is 15.4 Å². The van der Waals surface area contributed by atoms with Gasteiger partial charge in [-0.15, -0.1) is 0 Å². The van der Waals surface area contributed by atoms with Crippen LogP contribution in [0.4, 0.5) is 16.2 Å². The van der Waals surface area contributed by atoms with E-state index in [1.165, 1.54) is 0 Å². The van der Waals surface area contributed by atoms with E-state index in [2.05, 4.69) is 27.4 Å². The van der Waals surface area contributed by atoms with Crippen molar-refractivity contribution in [3.8, 4) is 5.75 Å². The molecular weight excluding hydrogens is 530 g/mol. The fourth-order valence-electron chi connectivity index (χ4n) is 5.31. The normalized spacial score (nSPS) is 17.6. The molecule has 0 spiro atoms. The molecule has 1 aliphatic rings. The number of aliphatic hydroxyl groups excluding tert-OH is 1. The van der Waals surface area contributed by atoms with Crippen LogP contribution in [0.15, 0.2) is 85.2 Å². The average Bonchev–Trinajstić information content (AvgIpc) is 2.99. The number of rotatable bonds is 8. The minimum Gasteiger partial charge on any atom is -0.488 e. The third kappa shape index (κ3) is 6.70. The van der Waals surface area contributed by atoms with Crippen LogP contribution in [0.1, 0.15) is 29.8 Å². The standard InChI is InChI=1S/C33H37N5O4/c1-22-18-38(23(2)21-39)32(40)28-17-26(35-33(41)36-29-10-6-8-25-7-4-5-9-27(25)29)11-12-30(28)42-31(22)20-37(3)19-24-13-15-34-16-14-24/h4-17,22-23,31,39H,18-21H2,1-3H3,(H2,35,36,41)/t22-,23+,31+/m1/s1. The number of hydrogen-bond acceptors (Lipinski definition) is 6. The Balaban J connectivity index is 1.37. The number of carbonyl (C=O) groups excluding carboxylic acids is 2. The second-order valence-corrected chi connectivity index (χ2v) is 11.0. The van der Waals surface area contributed by atoms with Crippen molar-refractivity contribution < 1.29 is 19.4 Å². The topological polar surface area (TPSA) is 107 Å². The molecule has 1 aromatic heterocycles. The Hall–Kier alpha value is -4.47. The summed E-state index contributed by atoms with van der Waals surface area (Å²) in [7, 11) is 2.04. The number of benzene rings is 3. The molecule has 0 fully saturated rings. The predicted octanol–water partition coefficient (Wildman–Crippen LogP) is 5.23. The summed E-state index contributed by atoms with van der Waals surface area (Å²) in [6.07, 6.45) is 3.34. The number of pyridine rings is 1. The summed E-state index contributed by atoms with van der Waals surface area (Å²) in [6.45, 7) is 5.52. The lowest BCUT2D eigenvalue weighted by molar-refractivity contribution is 0.0341. The van der Waals surface area contributed by atoms with Gasteiger partial charge in [-0.2, -0.15) is 0 Å². The molecule has 3 aromatic carbocycles. The summed E-state index contributed by atoms with van der Waals surface area (Å²) in [4.78, 5) is 34.7. The van der Waals surface area contributed by atoms with Crippen molar-refractivity contribution in [2.45, 2.75) is 32.5 Å². The largest absolute Gasteiger partial charge is 0.488 e. The van der Waals surface area contributed by atoms with Crippen LogP contribution in [-0.4, -0.2) is 70.7 Å². The number of urea groups is 1. The molecule has 3 amide bonds. The highest BCUT2D eigenvalue weighted by molar-refractivity contribution is 6.07. The highest BCUT2D eigenvalue weighted by Crippen LogP contribution is 2.31. The van der Waals surface area contributed by atoms with Crippen LogP contribution in [0.5, 0.6) is 5.75 Å². The summed E-state index contributed by atoms with van der Waals surface area (Å²) in [5.41, 5.74) is 2.63. The number of aliphatic hydroxyl groups is 1. The van der Waals surface area contributed by atoms with Crippen molar-refractivity contribution in [2.24, 2.45) is 5.92 Å². The Morgan fingerprint density at radius 2 is 1.86 bits per heavy atom. The van der Waals surface area contributed by atoms with Gasteiger partial charge in [-0.05, 0) is 61.3 Å². The summed E-state index contributed by atoms with van der Waals surface area (Å²) < 4.78 is 6.50. The molecule has 3 atom stereocenters. The first-order chi connectivity index (χ1) is 20.3. The predicted molar refractivity (Wildman–Crippen MR) is 165 cm³/mol. The number of likely N-dealkylation sites (N-methyl/N-ethyl adjacent to an activating group) is 1. The van der Waals surface area contributed by atoms with E-state index in [0.29, 0.717) is 35.8 Å². The maximum absolute atomic E-state index is 13.8. The van der Waals surface area contributed by atoms with Gasteiger partial charge in [0.2, 0.25) is 0 Å². The first-order valence-corrected chi connectivity index (χ1v) is 14.2. The first kappa shape index (κ1) is 29.0. The van der Waals surface area contributed by atoms with Gasteiger partial charge in [-0.25, -0.2) is 4.79 Å². The smallest absolute Gasteiger partial charge is 0.323 e. The number of fused-ring (bicyclic) bond motifs is 2. The fraction of sp³-hybridized carbons (Fsp3) is 0.303. The lowest BCUT2D eigenvalue weighted by Gasteiger charge is -2.38. The SMILES string of the molecule is C[C@@H]1CN([C@@H](C)CO)C(=O)c2cc(NC(=O)Nc3cccc4ccccc34)ccc2O[C@H]1CN(C)Cc1ccncc1. The molecule has 3 N–H and O–H groups in total. The molecule has 1 aliphatic heterocycles. The lowest BCUT2D eigenvalue weighted by atomic mass is 9.99. The van der Waals surface area contributed by atoms with Crippen LogP contribution >= 0.6 is 0 Å². The molecule has 0 radical (unpaired) electrons. The molecule has 4 aromatic rings. The van der Waals surface area contributed by atoms with Crippen LogP contribution in [0.3, 0.4) is 0 Å². The average molecular weight is 568 g/mol. The highest BCUT2D eigenvalue weighted by atomic mass is 16.5. The van der Waals surface area contributed by atoms with E-state index in [1.807, 2.05) is 68.6 Å². The molecule has 0 bridgehead atoms. The zero-order valence-corrected chi connectivity index (χ0v) is 24.2. The summed E-state index contributed by atoms with van der Waals surface area (Å²) in [5.74, 6) is 0.198. The molecule has 0 aliphatic carbocycles. The van der Waals surface area contributed by atoms with Crippen LogP contribution in [-0.2, 0) is 6.54 Å². The van der Waals surface area contributed by atoms with Gasteiger partial charge in [-0.1, -0.05) is 43.3 Å². The molecule has 0 saturated carbocycles. The first-order valence-electron chi connectivity index (χ1n) is 14.2.